The van der Waals surface area contributed by atoms with E-state index >= 15 is 0 Å². The minimum absolute atomic E-state index is 0.0336. The van der Waals surface area contributed by atoms with Gasteiger partial charge in [0.05, 0.1) is 6.10 Å². The number of allylic oxidation sites excluding steroid dienone is 1. The zero-order valence-corrected chi connectivity index (χ0v) is 20.6. The molecule has 1 fully saturated rings. The molecule has 0 bridgehead atoms. The van der Waals surface area contributed by atoms with Crippen molar-refractivity contribution >= 4 is 8.32 Å². The molecule has 1 rings (SSSR count). The fourth-order valence-corrected chi connectivity index (χ4v) is 3.90. The highest BCUT2D eigenvalue weighted by molar-refractivity contribution is 6.74. The third-order valence-corrected chi connectivity index (χ3v) is 10.7. The quantitative estimate of drug-likeness (QED) is 0.363. The lowest BCUT2D eigenvalue weighted by atomic mass is 9.96. The van der Waals surface area contributed by atoms with E-state index in [9.17, 15) is 0 Å². The van der Waals surface area contributed by atoms with E-state index in [1.54, 1.807) is 7.11 Å². The van der Waals surface area contributed by atoms with E-state index in [1.165, 1.54) is 0 Å². The molecule has 1 heterocycles. The van der Waals surface area contributed by atoms with Crippen LogP contribution in [0.15, 0.2) is 12.2 Å². The highest BCUT2D eigenvalue weighted by atomic mass is 28.4. The average Bonchev–Trinajstić information content (AvgIpc) is 2.81. The van der Waals surface area contributed by atoms with Crippen molar-refractivity contribution in [2.45, 2.75) is 104 Å². The van der Waals surface area contributed by atoms with Gasteiger partial charge in [0.2, 0.25) is 0 Å². The minimum atomic E-state index is -1.75. The van der Waals surface area contributed by atoms with Gasteiger partial charge < -0.3 is 18.6 Å². The summed E-state index contributed by atoms with van der Waals surface area (Å²) in [6.07, 6.45) is 4.91. The third-order valence-electron chi connectivity index (χ3n) is 6.14. The van der Waals surface area contributed by atoms with Crippen molar-refractivity contribution in [2.75, 3.05) is 13.7 Å². The zero-order valence-electron chi connectivity index (χ0n) is 19.6. The van der Waals surface area contributed by atoms with Crippen molar-refractivity contribution in [1.29, 1.82) is 0 Å². The second-order valence-electron chi connectivity index (χ2n) is 10.2. The molecule has 0 saturated carbocycles. The third kappa shape index (κ3) is 7.28. The molecule has 4 atom stereocenters. The first-order chi connectivity index (χ1) is 12.2. The maximum absolute atomic E-state index is 6.36. The number of ether oxygens (including phenoxy) is 3. The number of hydrogen-bond donors (Lipinski definition) is 0. The van der Waals surface area contributed by atoms with Gasteiger partial charge in [-0.1, -0.05) is 53.7 Å². The largest absolute Gasteiger partial charge is 0.417 e. The van der Waals surface area contributed by atoms with Crippen molar-refractivity contribution in [3.63, 3.8) is 0 Å². The van der Waals surface area contributed by atoms with Crippen molar-refractivity contribution in [3.05, 3.63) is 12.2 Å². The first-order valence-electron chi connectivity index (χ1n) is 10.4. The van der Waals surface area contributed by atoms with Crippen LogP contribution in [0.5, 0.6) is 0 Å². The van der Waals surface area contributed by atoms with Crippen molar-refractivity contribution in [2.24, 2.45) is 11.8 Å². The fraction of sp³-hybridized carbons (Fsp3) is 0.909. The summed E-state index contributed by atoms with van der Waals surface area (Å²) >= 11 is 0. The Balaban J connectivity index is 2.79. The van der Waals surface area contributed by atoms with Gasteiger partial charge in [0, 0.05) is 13.7 Å². The normalized spacial score (nSPS) is 26.1. The van der Waals surface area contributed by atoms with Gasteiger partial charge in [-0.3, -0.25) is 0 Å². The van der Waals surface area contributed by atoms with Gasteiger partial charge in [-0.2, -0.15) is 0 Å². The van der Waals surface area contributed by atoms with Crippen LogP contribution < -0.4 is 0 Å². The van der Waals surface area contributed by atoms with Crippen LogP contribution in [0.25, 0.3) is 0 Å². The van der Waals surface area contributed by atoms with Crippen LogP contribution >= 0.6 is 0 Å². The van der Waals surface area contributed by atoms with Crippen LogP contribution in [0.4, 0.5) is 0 Å². The molecule has 0 amide bonds. The van der Waals surface area contributed by atoms with E-state index in [0.29, 0.717) is 18.4 Å². The van der Waals surface area contributed by atoms with Gasteiger partial charge in [-0.25, -0.2) is 0 Å². The highest BCUT2D eigenvalue weighted by Crippen LogP contribution is 2.38. The van der Waals surface area contributed by atoms with Gasteiger partial charge in [-0.05, 0) is 50.2 Å². The van der Waals surface area contributed by atoms with Crippen LogP contribution in [0.2, 0.25) is 18.1 Å². The summed E-state index contributed by atoms with van der Waals surface area (Å²) < 4.78 is 24.5. The molecular formula is C22H44O4Si. The van der Waals surface area contributed by atoms with Crippen LogP contribution in [0.1, 0.15) is 61.8 Å². The summed E-state index contributed by atoms with van der Waals surface area (Å²) in [7, 11) is -0.0114. The van der Waals surface area contributed by atoms with Crippen molar-refractivity contribution < 1.29 is 18.6 Å². The van der Waals surface area contributed by atoms with Gasteiger partial charge in [0.1, 0.15) is 12.2 Å². The van der Waals surface area contributed by atoms with Gasteiger partial charge in [-0.15, -0.1) is 0 Å². The van der Waals surface area contributed by atoms with Gasteiger partial charge in [0.15, 0.2) is 14.1 Å². The zero-order chi connectivity index (χ0) is 21.0. The van der Waals surface area contributed by atoms with E-state index in [1.807, 2.05) is 13.8 Å². The van der Waals surface area contributed by atoms with E-state index < -0.39 is 14.1 Å². The first kappa shape index (κ1) is 24.8. The fourth-order valence-electron chi connectivity index (χ4n) is 2.84. The maximum atomic E-state index is 6.36. The lowest BCUT2D eigenvalue weighted by molar-refractivity contribution is -0.154. The van der Waals surface area contributed by atoms with E-state index in [2.05, 4.69) is 66.8 Å². The van der Waals surface area contributed by atoms with Gasteiger partial charge >= 0.3 is 0 Å². The van der Waals surface area contributed by atoms with Crippen LogP contribution in [0.3, 0.4) is 0 Å². The van der Waals surface area contributed by atoms with E-state index in [0.717, 1.165) is 6.42 Å². The molecular weight excluding hydrogens is 356 g/mol. The monoisotopic (exact) mass is 400 g/mol. The molecule has 0 N–H and O–H groups in total. The average molecular weight is 401 g/mol. The Morgan fingerprint density at radius 2 is 1.67 bits per heavy atom. The molecule has 0 spiro atoms. The van der Waals surface area contributed by atoms with Crippen LogP contribution in [-0.2, 0) is 18.6 Å². The SMILES string of the molecule is COC(/C=C\[C@H](C)C(C)C)[C@H]1OC(C)(C)O[C@H]1CCO[Si](C)(C)C(C)(C)C. The standard InChI is InChI=1S/C22H44O4Si/c1-16(2)17(3)12-13-18(23-9)20-19(25-22(7,8)26-20)14-15-24-27(10,11)21(4,5)6/h12-13,16-20H,14-15H2,1-11H3/b13-12-/t17-,18?,19-,20+/m0/s1. The Hall–Kier alpha value is -0.203. The Kier molecular flexibility index (Phi) is 8.77. The molecule has 160 valence electrons. The number of rotatable bonds is 9. The molecule has 0 aliphatic carbocycles. The van der Waals surface area contributed by atoms with Crippen LogP contribution in [0, 0.1) is 11.8 Å². The predicted molar refractivity (Wildman–Crippen MR) is 116 cm³/mol. The summed E-state index contributed by atoms with van der Waals surface area (Å²) in [5.41, 5.74) is 0. The molecule has 27 heavy (non-hydrogen) atoms. The van der Waals surface area contributed by atoms with E-state index in [-0.39, 0.29) is 23.4 Å². The molecule has 5 heteroatoms. The second-order valence-corrected chi connectivity index (χ2v) is 15.0. The second kappa shape index (κ2) is 9.53. The predicted octanol–water partition coefficient (Wildman–Crippen LogP) is 5.78. The van der Waals surface area contributed by atoms with E-state index in [4.69, 9.17) is 18.6 Å². The Bertz CT molecular complexity index is 479. The molecule has 0 aromatic heterocycles. The molecule has 1 saturated heterocycles. The maximum Gasteiger partial charge on any atom is 0.191 e. The lowest BCUT2D eigenvalue weighted by Crippen LogP contribution is -2.42. The molecule has 0 radical (unpaired) electrons. The summed E-state index contributed by atoms with van der Waals surface area (Å²) in [4.78, 5) is 0. The molecule has 0 aromatic carbocycles. The first-order valence-corrected chi connectivity index (χ1v) is 13.3. The van der Waals surface area contributed by atoms with Crippen LogP contribution in [-0.4, -0.2) is 46.1 Å². The number of methoxy groups -OCH3 is 1. The minimum Gasteiger partial charge on any atom is -0.417 e. The summed E-state index contributed by atoms with van der Waals surface area (Å²) in [5, 5.41) is 0.212. The molecule has 1 aliphatic rings. The summed E-state index contributed by atoms with van der Waals surface area (Å²) in [6, 6.07) is 0. The van der Waals surface area contributed by atoms with Crippen molar-refractivity contribution in [1.82, 2.24) is 0 Å². The number of hydrogen-bond acceptors (Lipinski definition) is 4. The lowest BCUT2D eigenvalue weighted by Gasteiger charge is -2.36. The summed E-state index contributed by atoms with van der Waals surface area (Å²) in [6.45, 7) is 22.7. The summed E-state index contributed by atoms with van der Waals surface area (Å²) in [5.74, 6) is 0.503. The van der Waals surface area contributed by atoms with Gasteiger partial charge in [0.25, 0.3) is 0 Å². The smallest absolute Gasteiger partial charge is 0.191 e. The molecule has 1 aliphatic heterocycles. The molecule has 0 aromatic rings. The Morgan fingerprint density at radius 1 is 1.07 bits per heavy atom. The van der Waals surface area contributed by atoms with Crippen molar-refractivity contribution in [3.8, 4) is 0 Å². The highest BCUT2D eigenvalue weighted by Gasteiger charge is 2.45. The Morgan fingerprint density at radius 3 is 2.15 bits per heavy atom. The molecule has 1 unspecified atom stereocenters. The Labute approximate surface area is 169 Å². The topological polar surface area (TPSA) is 36.9 Å². The molecule has 4 nitrogen and oxygen atoms in total.